The molecule has 2 heterocycles. The average molecular weight is 307 g/mol. The molecule has 0 fully saturated rings. The zero-order chi connectivity index (χ0) is 13.0. The van der Waals surface area contributed by atoms with Gasteiger partial charge >= 0.3 is 5.63 Å². The molecular weight excluding hydrogens is 296 g/mol. The van der Waals surface area contributed by atoms with Gasteiger partial charge in [0.05, 0.1) is 0 Å². The lowest BCUT2D eigenvalue weighted by molar-refractivity contribution is 0.551. The van der Waals surface area contributed by atoms with Gasteiger partial charge in [0.1, 0.15) is 16.9 Å². The first-order chi connectivity index (χ1) is 8.49. The Hall–Kier alpha value is -1.55. The second kappa shape index (κ2) is 3.72. The van der Waals surface area contributed by atoms with Crippen LogP contribution in [-0.2, 0) is 0 Å². The summed E-state index contributed by atoms with van der Waals surface area (Å²) in [6.45, 7) is 5.71. The zero-order valence-corrected chi connectivity index (χ0v) is 11.8. The van der Waals surface area contributed by atoms with Crippen molar-refractivity contribution >= 4 is 37.9 Å². The van der Waals surface area contributed by atoms with Crippen molar-refractivity contribution in [2.45, 2.75) is 20.8 Å². The molecule has 0 aliphatic heterocycles. The highest BCUT2D eigenvalue weighted by Crippen LogP contribution is 2.38. The van der Waals surface area contributed by atoms with Crippen LogP contribution in [0.1, 0.15) is 16.9 Å². The van der Waals surface area contributed by atoms with E-state index in [2.05, 4.69) is 15.9 Å². The van der Waals surface area contributed by atoms with E-state index in [4.69, 9.17) is 8.83 Å². The summed E-state index contributed by atoms with van der Waals surface area (Å²) < 4.78 is 11.9. The van der Waals surface area contributed by atoms with Crippen molar-refractivity contribution in [3.05, 3.63) is 43.9 Å². The van der Waals surface area contributed by atoms with Gasteiger partial charge in [-0.1, -0.05) is 0 Å². The predicted molar refractivity (Wildman–Crippen MR) is 74.2 cm³/mol. The molecule has 3 nitrogen and oxygen atoms in total. The molecule has 4 heteroatoms. The molecule has 0 saturated carbocycles. The van der Waals surface area contributed by atoms with Crippen molar-refractivity contribution in [1.82, 2.24) is 0 Å². The SMILES string of the molecule is Cc1cc2c(Br)c3c(C)cc(=O)oc3c(C)c2o1. The molecule has 2 aromatic heterocycles. The number of hydrogen-bond acceptors (Lipinski definition) is 3. The molecule has 0 unspecified atom stereocenters. The van der Waals surface area contributed by atoms with Gasteiger partial charge in [0.15, 0.2) is 0 Å². The number of furan rings is 1. The van der Waals surface area contributed by atoms with Crippen molar-refractivity contribution in [2.24, 2.45) is 0 Å². The van der Waals surface area contributed by atoms with Gasteiger partial charge in [-0.15, -0.1) is 0 Å². The predicted octanol–water partition coefficient (Wildman–Crippen LogP) is 4.23. The maximum absolute atomic E-state index is 11.5. The summed E-state index contributed by atoms with van der Waals surface area (Å²) >= 11 is 3.58. The lowest BCUT2D eigenvalue weighted by Gasteiger charge is -2.07. The molecule has 0 spiro atoms. The smallest absolute Gasteiger partial charge is 0.336 e. The Kier molecular flexibility index (Phi) is 2.38. The fourth-order valence-electron chi connectivity index (χ4n) is 2.34. The first kappa shape index (κ1) is 11.5. The van der Waals surface area contributed by atoms with Crippen molar-refractivity contribution in [2.75, 3.05) is 0 Å². The Morgan fingerprint density at radius 1 is 1.06 bits per heavy atom. The summed E-state index contributed by atoms with van der Waals surface area (Å²) in [6, 6.07) is 3.49. The van der Waals surface area contributed by atoms with Crippen LogP contribution in [0.4, 0.5) is 0 Å². The van der Waals surface area contributed by atoms with E-state index in [0.717, 1.165) is 37.7 Å². The van der Waals surface area contributed by atoms with Crippen LogP contribution >= 0.6 is 15.9 Å². The third-order valence-electron chi connectivity index (χ3n) is 3.15. The molecule has 0 aliphatic carbocycles. The van der Waals surface area contributed by atoms with E-state index >= 15 is 0 Å². The van der Waals surface area contributed by atoms with E-state index in [1.165, 1.54) is 6.07 Å². The van der Waals surface area contributed by atoms with Crippen molar-refractivity contribution in [3.8, 4) is 0 Å². The van der Waals surface area contributed by atoms with Crippen LogP contribution in [0, 0.1) is 20.8 Å². The van der Waals surface area contributed by atoms with E-state index in [9.17, 15) is 4.79 Å². The second-order valence-corrected chi connectivity index (χ2v) is 5.28. The number of fused-ring (bicyclic) bond motifs is 2. The van der Waals surface area contributed by atoms with Crippen LogP contribution in [0.3, 0.4) is 0 Å². The van der Waals surface area contributed by atoms with E-state index in [0.29, 0.717) is 5.58 Å². The highest BCUT2D eigenvalue weighted by Gasteiger charge is 2.17. The maximum atomic E-state index is 11.5. The molecule has 92 valence electrons. The van der Waals surface area contributed by atoms with Crippen LogP contribution in [0.25, 0.3) is 21.9 Å². The van der Waals surface area contributed by atoms with Gasteiger partial charge in [0, 0.05) is 26.9 Å². The minimum atomic E-state index is -0.336. The van der Waals surface area contributed by atoms with Crippen molar-refractivity contribution in [3.63, 3.8) is 0 Å². The summed E-state index contributed by atoms with van der Waals surface area (Å²) in [4.78, 5) is 11.5. The Morgan fingerprint density at radius 2 is 1.78 bits per heavy atom. The molecule has 3 rings (SSSR count). The molecule has 18 heavy (non-hydrogen) atoms. The third kappa shape index (κ3) is 1.45. The second-order valence-electron chi connectivity index (χ2n) is 4.49. The van der Waals surface area contributed by atoms with Crippen LogP contribution < -0.4 is 5.63 Å². The van der Waals surface area contributed by atoms with Crippen molar-refractivity contribution < 1.29 is 8.83 Å². The summed E-state index contributed by atoms with van der Waals surface area (Å²) in [6.07, 6.45) is 0. The molecule has 0 N–H and O–H groups in total. The van der Waals surface area contributed by atoms with E-state index < -0.39 is 0 Å². The van der Waals surface area contributed by atoms with Crippen LogP contribution in [0.15, 0.2) is 30.2 Å². The quantitative estimate of drug-likeness (QED) is 0.584. The average Bonchev–Trinajstić information content (AvgIpc) is 2.67. The topological polar surface area (TPSA) is 43.4 Å². The van der Waals surface area contributed by atoms with E-state index in [1.807, 2.05) is 26.8 Å². The molecule has 0 atom stereocenters. The lowest BCUT2D eigenvalue weighted by Crippen LogP contribution is -1.99. The summed E-state index contributed by atoms with van der Waals surface area (Å²) in [5, 5.41) is 1.94. The largest absolute Gasteiger partial charge is 0.461 e. The van der Waals surface area contributed by atoms with Gasteiger partial charge in [-0.2, -0.15) is 0 Å². The fourth-order valence-corrected chi connectivity index (χ4v) is 3.13. The Morgan fingerprint density at radius 3 is 2.50 bits per heavy atom. The van der Waals surface area contributed by atoms with Gasteiger partial charge in [0.2, 0.25) is 0 Å². The monoisotopic (exact) mass is 306 g/mol. The summed E-state index contributed by atoms with van der Waals surface area (Å²) in [7, 11) is 0. The lowest BCUT2D eigenvalue weighted by atomic mass is 10.1. The normalized spacial score (nSPS) is 11.6. The van der Waals surface area contributed by atoms with Gasteiger partial charge in [-0.25, -0.2) is 4.79 Å². The molecular formula is C14H11BrO3. The van der Waals surface area contributed by atoms with Crippen LogP contribution in [0.2, 0.25) is 0 Å². The highest BCUT2D eigenvalue weighted by atomic mass is 79.9. The number of rotatable bonds is 0. The minimum Gasteiger partial charge on any atom is -0.461 e. The minimum absolute atomic E-state index is 0.336. The van der Waals surface area contributed by atoms with Crippen LogP contribution in [-0.4, -0.2) is 0 Å². The number of benzene rings is 1. The van der Waals surface area contributed by atoms with E-state index in [-0.39, 0.29) is 5.63 Å². The molecule has 0 bridgehead atoms. The summed E-state index contributed by atoms with van der Waals surface area (Å²) in [5.74, 6) is 0.837. The Balaban J connectivity index is 2.70. The molecule has 3 aromatic rings. The Bertz CT molecular complexity index is 840. The van der Waals surface area contributed by atoms with E-state index in [1.54, 1.807) is 0 Å². The molecule has 0 saturated heterocycles. The maximum Gasteiger partial charge on any atom is 0.336 e. The number of aryl methyl sites for hydroxylation is 3. The first-order valence-electron chi connectivity index (χ1n) is 5.61. The van der Waals surface area contributed by atoms with Gasteiger partial charge < -0.3 is 8.83 Å². The zero-order valence-electron chi connectivity index (χ0n) is 10.3. The van der Waals surface area contributed by atoms with Gasteiger partial charge in [-0.3, -0.25) is 0 Å². The van der Waals surface area contributed by atoms with Gasteiger partial charge in [-0.05, 0) is 48.3 Å². The third-order valence-corrected chi connectivity index (χ3v) is 3.97. The molecule has 0 amide bonds. The standard InChI is InChI=1S/C14H11BrO3/c1-6-4-10(16)18-14-8(3)13-9(5-7(2)17-13)12(15)11(6)14/h4-5H,1-3H3. The number of hydrogen-bond donors (Lipinski definition) is 0. The van der Waals surface area contributed by atoms with Gasteiger partial charge in [0.25, 0.3) is 0 Å². The Labute approximate surface area is 112 Å². The highest BCUT2D eigenvalue weighted by molar-refractivity contribution is 9.10. The molecule has 0 aliphatic rings. The first-order valence-corrected chi connectivity index (χ1v) is 6.41. The molecule has 0 radical (unpaired) electrons. The van der Waals surface area contributed by atoms with Crippen molar-refractivity contribution in [1.29, 1.82) is 0 Å². The van der Waals surface area contributed by atoms with Crippen LogP contribution in [0.5, 0.6) is 0 Å². The summed E-state index contributed by atoms with van der Waals surface area (Å²) in [5.41, 5.74) is 2.78. The number of halogens is 1. The fraction of sp³-hybridized carbons (Fsp3) is 0.214. The molecule has 1 aromatic carbocycles.